The summed E-state index contributed by atoms with van der Waals surface area (Å²) in [7, 11) is -3.56. The molecule has 0 bridgehead atoms. The van der Waals surface area contributed by atoms with Crippen LogP contribution in [0.15, 0.2) is 35.4 Å². The standard InChI is InChI=1S/C14H15N5O2S2/c15-9-11-1-3-13(4-2-11)23(20,21)18-12-5-7-19(8-6-12)14-10-16-22-17-14/h1-4,10,12,18H,5-8H2. The molecule has 9 heteroatoms. The Bertz CT molecular complexity index is 789. The average Bonchev–Trinajstić information content (AvgIpc) is 3.10. The Hall–Kier alpha value is -2.02. The molecular weight excluding hydrogens is 334 g/mol. The topological polar surface area (TPSA) is 99.0 Å². The molecule has 2 heterocycles. The smallest absolute Gasteiger partial charge is 0.240 e. The summed E-state index contributed by atoms with van der Waals surface area (Å²) >= 11 is 1.17. The lowest BCUT2D eigenvalue weighted by Crippen LogP contribution is -2.44. The fraction of sp³-hybridized carbons (Fsp3) is 0.357. The van der Waals surface area contributed by atoms with Crippen molar-refractivity contribution in [3.63, 3.8) is 0 Å². The van der Waals surface area contributed by atoms with Gasteiger partial charge in [-0.05, 0) is 37.1 Å². The molecule has 1 N–H and O–H groups in total. The molecule has 0 aliphatic carbocycles. The zero-order valence-electron chi connectivity index (χ0n) is 12.2. The SMILES string of the molecule is N#Cc1ccc(S(=O)(=O)NC2CCN(c3cnsn3)CC2)cc1. The predicted molar refractivity (Wildman–Crippen MR) is 86.6 cm³/mol. The summed E-state index contributed by atoms with van der Waals surface area (Å²) < 4.78 is 35.7. The van der Waals surface area contributed by atoms with E-state index in [1.54, 1.807) is 6.20 Å². The Kier molecular flexibility index (Phi) is 4.56. The molecule has 120 valence electrons. The van der Waals surface area contributed by atoms with E-state index in [0.29, 0.717) is 18.4 Å². The van der Waals surface area contributed by atoms with Crippen molar-refractivity contribution in [3.8, 4) is 6.07 Å². The van der Waals surface area contributed by atoms with Crippen LogP contribution < -0.4 is 9.62 Å². The van der Waals surface area contributed by atoms with E-state index in [4.69, 9.17) is 5.26 Å². The van der Waals surface area contributed by atoms with Crippen molar-refractivity contribution >= 4 is 27.6 Å². The van der Waals surface area contributed by atoms with E-state index in [2.05, 4.69) is 18.4 Å². The van der Waals surface area contributed by atoms with Crippen LogP contribution in [-0.4, -0.2) is 36.3 Å². The Morgan fingerprint density at radius 2 is 1.96 bits per heavy atom. The Labute approximate surface area is 138 Å². The van der Waals surface area contributed by atoms with Gasteiger partial charge < -0.3 is 4.90 Å². The summed E-state index contributed by atoms with van der Waals surface area (Å²) in [4.78, 5) is 2.29. The lowest BCUT2D eigenvalue weighted by Gasteiger charge is -2.31. The molecule has 0 spiro atoms. The highest BCUT2D eigenvalue weighted by Gasteiger charge is 2.25. The molecule has 0 amide bonds. The van der Waals surface area contributed by atoms with Crippen LogP contribution in [-0.2, 0) is 10.0 Å². The molecule has 1 aromatic heterocycles. The van der Waals surface area contributed by atoms with E-state index in [1.165, 1.54) is 36.0 Å². The second kappa shape index (κ2) is 6.62. The molecule has 1 aliphatic heterocycles. The number of anilines is 1. The molecule has 1 fully saturated rings. The van der Waals surface area contributed by atoms with Crippen LogP contribution >= 0.6 is 11.7 Å². The van der Waals surface area contributed by atoms with Crippen LogP contribution in [0.25, 0.3) is 0 Å². The van der Waals surface area contributed by atoms with E-state index in [-0.39, 0.29) is 10.9 Å². The van der Waals surface area contributed by atoms with Gasteiger partial charge in [0, 0.05) is 19.1 Å². The normalized spacial score (nSPS) is 16.2. The molecule has 3 rings (SSSR count). The second-order valence-corrected chi connectivity index (χ2v) is 7.56. The highest BCUT2D eigenvalue weighted by molar-refractivity contribution is 7.89. The first-order valence-electron chi connectivity index (χ1n) is 7.13. The van der Waals surface area contributed by atoms with Gasteiger partial charge in [-0.3, -0.25) is 0 Å². The maximum Gasteiger partial charge on any atom is 0.240 e. The third-order valence-corrected chi connectivity index (χ3v) is 5.79. The second-order valence-electron chi connectivity index (χ2n) is 5.28. The first-order valence-corrected chi connectivity index (χ1v) is 9.35. The molecule has 0 atom stereocenters. The van der Waals surface area contributed by atoms with Gasteiger partial charge in [0.1, 0.15) is 0 Å². The Balaban J connectivity index is 1.62. The highest BCUT2D eigenvalue weighted by atomic mass is 32.2. The summed E-state index contributed by atoms with van der Waals surface area (Å²) in [5.41, 5.74) is 0.439. The minimum absolute atomic E-state index is 0.0986. The minimum Gasteiger partial charge on any atom is -0.354 e. The maximum atomic E-state index is 12.4. The molecule has 0 unspecified atom stereocenters. The molecule has 1 aromatic carbocycles. The first-order chi connectivity index (χ1) is 11.1. The van der Waals surface area contributed by atoms with Crippen molar-refractivity contribution in [2.45, 2.75) is 23.8 Å². The number of nitriles is 1. The van der Waals surface area contributed by atoms with Gasteiger partial charge in [-0.25, -0.2) is 13.1 Å². The van der Waals surface area contributed by atoms with E-state index < -0.39 is 10.0 Å². The Morgan fingerprint density at radius 3 is 2.52 bits per heavy atom. The summed E-state index contributed by atoms with van der Waals surface area (Å²) in [5.74, 6) is 0.850. The van der Waals surface area contributed by atoms with Crippen LogP contribution in [0.1, 0.15) is 18.4 Å². The van der Waals surface area contributed by atoms with Crippen LogP contribution in [0.4, 0.5) is 5.82 Å². The van der Waals surface area contributed by atoms with Crippen molar-refractivity contribution < 1.29 is 8.42 Å². The number of nitrogens with zero attached hydrogens (tertiary/aromatic N) is 4. The molecule has 23 heavy (non-hydrogen) atoms. The van der Waals surface area contributed by atoms with Gasteiger partial charge in [0.2, 0.25) is 10.0 Å². The molecular formula is C14H15N5O2S2. The summed E-state index contributed by atoms with van der Waals surface area (Å²) in [6.45, 7) is 1.48. The first kappa shape index (κ1) is 15.9. The van der Waals surface area contributed by atoms with E-state index in [9.17, 15) is 8.42 Å². The highest BCUT2D eigenvalue weighted by Crippen LogP contribution is 2.19. The van der Waals surface area contributed by atoms with Crippen LogP contribution in [0.3, 0.4) is 0 Å². The molecule has 1 aliphatic rings. The lowest BCUT2D eigenvalue weighted by atomic mass is 10.1. The monoisotopic (exact) mass is 349 g/mol. The number of aromatic nitrogens is 2. The van der Waals surface area contributed by atoms with Crippen LogP contribution in [0.2, 0.25) is 0 Å². The molecule has 2 aromatic rings. The fourth-order valence-electron chi connectivity index (χ4n) is 2.52. The number of hydrogen-bond donors (Lipinski definition) is 1. The molecule has 7 nitrogen and oxygen atoms in total. The zero-order valence-corrected chi connectivity index (χ0v) is 13.8. The Morgan fingerprint density at radius 1 is 1.26 bits per heavy atom. The van der Waals surface area contributed by atoms with Crippen molar-refractivity contribution in [2.75, 3.05) is 18.0 Å². The summed E-state index contributed by atoms with van der Waals surface area (Å²) in [5, 5.41) is 8.77. The lowest BCUT2D eigenvalue weighted by molar-refractivity contribution is 0.459. The van der Waals surface area contributed by atoms with Gasteiger partial charge in [0.15, 0.2) is 5.82 Å². The van der Waals surface area contributed by atoms with Gasteiger partial charge in [0.25, 0.3) is 0 Å². The number of nitrogens with one attached hydrogen (secondary N) is 1. The zero-order chi connectivity index (χ0) is 16.3. The quantitative estimate of drug-likeness (QED) is 0.895. The minimum atomic E-state index is -3.56. The predicted octanol–water partition coefficient (Wildman–Crippen LogP) is 1.36. The van der Waals surface area contributed by atoms with Gasteiger partial charge in [-0.2, -0.15) is 14.0 Å². The largest absolute Gasteiger partial charge is 0.354 e. The number of sulfonamides is 1. The van der Waals surface area contributed by atoms with Crippen LogP contribution in [0, 0.1) is 11.3 Å². The summed E-state index contributed by atoms with van der Waals surface area (Å²) in [6, 6.07) is 7.80. The van der Waals surface area contributed by atoms with Crippen molar-refractivity contribution in [2.24, 2.45) is 0 Å². The maximum absolute atomic E-state index is 12.4. The van der Waals surface area contributed by atoms with Gasteiger partial charge in [-0.15, -0.1) is 0 Å². The average molecular weight is 349 g/mol. The van der Waals surface area contributed by atoms with Crippen molar-refractivity contribution in [1.29, 1.82) is 5.26 Å². The third-order valence-electron chi connectivity index (χ3n) is 3.78. The van der Waals surface area contributed by atoms with Crippen molar-refractivity contribution in [3.05, 3.63) is 36.0 Å². The number of rotatable bonds is 4. The van der Waals surface area contributed by atoms with Crippen molar-refractivity contribution in [1.82, 2.24) is 13.5 Å². The van der Waals surface area contributed by atoms with Gasteiger partial charge in [0.05, 0.1) is 34.5 Å². The number of benzene rings is 1. The van der Waals surface area contributed by atoms with E-state index in [0.717, 1.165) is 18.9 Å². The number of hydrogen-bond acceptors (Lipinski definition) is 7. The van der Waals surface area contributed by atoms with Gasteiger partial charge in [-0.1, -0.05) is 0 Å². The summed E-state index contributed by atoms with van der Waals surface area (Å²) in [6.07, 6.45) is 3.16. The molecule has 0 radical (unpaired) electrons. The molecule has 0 saturated carbocycles. The van der Waals surface area contributed by atoms with Crippen LogP contribution in [0.5, 0.6) is 0 Å². The van der Waals surface area contributed by atoms with E-state index in [1.807, 2.05) is 6.07 Å². The fourth-order valence-corrected chi connectivity index (χ4v) is 4.26. The van der Waals surface area contributed by atoms with E-state index >= 15 is 0 Å². The third kappa shape index (κ3) is 3.67. The van der Waals surface area contributed by atoms with Gasteiger partial charge >= 0.3 is 0 Å². The molecule has 1 saturated heterocycles. The number of piperidine rings is 1.